The molecule has 2 N–H and O–H groups in total. The highest BCUT2D eigenvalue weighted by molar-refractivity contribution is 7.99. The third kappa shape index (κ3) is 3.64. The Bertz CT molecular complexity index is 194. The van der Waals surface area contributed by atoms with Gasteiger partial charge in [0.2, 0.25) is 0 Å². The quantitative estimate of drug-likeness (QED) is 0.747. The lowest BCUT2D eigenvalue weighted by molar-refractivity contribution is 0.173. The Hall–Kier alpha value is 0.270. The van der Waals surface area contributed by atoms with Crippen LogP contribution in [0, 0.1) is 5.92 Å². The van der Waals surface area contributed by atoms with E-state index in [0.29, 0.717) is 18.6 Å². The molecule has 3 heteroatoms. The molecule has 1 aliphatic heterocycles. The van der Waals surface area contributed by atoms with Crippen molar-refractivity contribution in [2.24, 2.45) is 5.92 Å². The number of nitrogens with one attached hydrogen (secondary N) is 1. The van der Waals surface area contributed by atoms with Gasteiger partial charge in [-0.05, 0) is 43.1 Å². The van der Waals surface area contributed by atoms with E-state index < -0.39 is 0 Å². The summed E-state index contributed by atoms with van der Waals surface area (Å²) in [7, 11) is 0. The highest BCUT2D eigenvalue weighted by Crippen LogP contribution is 2.25. The molecular weight excluding hydrogens is 218 g/mol. The molecule has 16 heavy (non-hydrogen) atoms. The summed E-state index contributed by atoms with van der Waals surface area (Å²) in [6.07, 6.45) is 9.14. The van der Waals surface area contributed by atoms with E-state index in [0.717, 1.165) is 6.04 Å². The Kier molecular flexibility index (Phi) is 5.46. The second kappa shape index (κ2) is 6.87. The van der Waals surface area contributed by atoms with Crippen molar-refractivity contribution in [2.75, 3.05) is 18.1 Å². The Morgan fingerprint density at radius 3 is 2.50 bits per heavy atom. The molecule has 2 fully saturated rings. The molecule has 2 aliphatic rings. The fraction of sp³-hybridized carbons (Fsp3) is 1.00. The molecule has 0 aromatic heterocycles. The van der Waals surface area contributed by atoms with Crippen molar-refractivity contribution in [2.45, 2.75) is 57.0 Å². The average molecular weight is 243 g/mol. The van der Waals surface area contributed by atoms with Crippen molar-refractivity contribution in [3.8, 4) is 0 Å². The normalized spacial score (nSPS) is 33.6. The predicted octanol–water partition coefficient (Wildman–Crippen LogP) is 2.41. The van der Waals surface area contributed by atoms with E-state index in [1.165, 1.54) is 56.5 Å². The molecule has 1 saturated heterocycles. The second-order valence-electron chi connectivity index (χ2n) is 5.24. The summed E-state index contributed by atoms with van der Waals surface area (Å²) in [5, 5.41) is 13.3. The summed E-state index contributed by atoms with van der Waals surface area (Å²) >= 11 is 2.08. The highest BCUT2D eigenvalue weighted by Gasteiger charge is 2.25. The first kappa shape index (κ1) is 12.7. The van der Waals surface area contributed by atoms with Crippen molar-refractivity contribution < 1.29 is 5.11 Å². The standard InChI is InChI=1S/C13H25NOS/c15-10-11-4-2-1-3-5-13(11)14-12-6-8-16-9-7-12/h11-15H,1-10H2. The Labute approximate surface area is 104 Å². The van der Waals surface area contributed by atoms with Crippen LogP contribution in [0.4, 0.5) is 0 Å². The van der Waals surface area contributed by atoms with E-state index in [-0.39, 0.29) is 0 Å². The average Bonchev–Trinajstić information content (AvgIpc) is 2.55. The minimum atomic E-state index is 0.374. The highest BCUT2D eigenvalue weighted by atomic mass is 32.2. The van der Waals surface area contributed by atoms with Crippen molar-refractivity contribution in [1.29, 1.82) is 0 Å². The van der Waals surface area contributed by atoms with Gasteiger partial charge in [0.1, 0.15) is 0 Å². The molecular formula is C13H25NOS. The number of aliphatic hydroxyl groups is 1. The number of rotatable bonds is 3. The largest absolute Gasteiger partial charge is 0.396 e. The van der Waals surface area contributed by atoms with Gasteiger partial charge in [0.15, 0.2) is 0 Å². The summed E-state index contributed by atoms with van der Waals surface area (Å²) in [4.78, 5) is 0. The van der Waals surface area contributed by atoms with E-state index in [2.05, 4.69) is 17.1 Å². The maximum Gasteiger partial charge on any atom is 0.0474 e. The van der Waals surface area contributed by atoms with Gasteiger partial charge in [-0.25, -0.2) is 0 Å². The molecule has 0 aromatic rings. The molecule has 1 saturated carbocycles. The summed E-state index contributed by atoms with van der Waals surface area (Å²) in [5.41, 5.74) is 0. The SMILES string of the molecule is OCC1CCCCCC1NC1CCSCC1. The lowest BCUT2D eigenvalue weighted by Crippen LogP contribution is -2.45. The van der Waals surface area contributed by atoms with Crippen LogP contribution in [0.3, 0.4) is 0 Å². The zero-order valence-corrected chi connectivity index (χ0v) is 11.0. The van der Waals surface area contributed by atoms with E-state index in [9.17, 15) is 5.11 Å². The Balaban J connectivity index is 1.83. The lowest BCUT2D eigenvalue weighted by Gasteiger charge is -2.31. The summed E-state index contributed by atoms with van der Waals surface area (Å²) < 4.78 is 0. The number of hydrogen-bond acceptors (Lipinski definition) is 3. The molecule has 1 aliphatic carbocycles. The van der Waals surface area contributed by atoms with Crippen LogP contribution in [0.2, 0.25) is 0 Å². The van der Waals surface area contributed by atoms with Gasteiger partial charge < -0.3 is 10.4 Å². The van der Waals surface area contributed by atoms with Crippen molar-refractivity contribution in [3.63, 3.8) is 0 Å². The molecule has 2 atom stereocenters. The van der Waals surface area contributed by atoms with E-state index in [1.807, 2.05) is 0 Å². The molecule has 0 amide bonds. The van der Waals surface area contributed by atoms with E-state index in [4.69, 9.17) is 0 Å². The smallest absolute Gasteiger partial charge is 0.0474 e. The minimum Gasteiger partial charge on any atom is -0.396 e. The molecule has 2 unspecified atom stereocenters. The fourth-order valence-corrected chi connectivity index (χ4v) is 4.10. The van der Waals surface area contributed by atoms with Crippen molar-refractivity contribution in [1.82, 2.24) is 5.32 Å². The van der Waals surface area contributed by atoms with Crippen LogP contribution in [0.15, 0.2) is 0 Å². The van der Waals surface area contributed by atoms with Crippen LogP contribution in [0.1, 0.15) is 44.9 Å². The molecule has 1 heterocycles. The maximum absolute atomic E-state index is 9.47. The summed E-state index contributed by atoms with van der Waals surface area (Å²) in [6, 6.07) is 1.30. The van der Waals surface area contributed by atoms with Gasteiger partial charge in [0, 0.05) is 18.7 Å². The van der Waals surface area contributed by atoms with Crippen LogP contribution in [-0.4, -0.2) is 35.3 Å². The molecule has 0 aromatic carbocycles. The number of aliphatic hydroxyl groups excluding tert-OH is 1. The zero-order chi connectivity index (χ0) is 11.2. The van der Waals surface area contributed by atoms with Crippen LogP contribution in [0.25, 0.3) is 0 Å². The van der Waals surface area contributed by atoms with Gasteiger partial charge in [-0.15, -0.1) is 0 Å². The third-order valence-electron chi connectivity index (χ3n) is 4.06. The Morgan fingerprint density at radius 1 is 1.00 bits per heavy atom. The molecule has 0 bridgehead atoms. The zero-order valence-electron chi connectivity index (χ0n) is 10.2. The first-order valence-corrected chi connectivity index (χ1v) is 8.00. The van der Waals surface area contributed by atoms with Crippen LogP contribution in [-0.2, 0) is 0 Å². The van der Waals surface area contributed by atoms with E-state index >= 15 is 0 Å². The van der Waals surface area contributed by atoms with Gasteiger partial charge in [0.05, 0.1) is 0 Å². The van der Waals surface area contributed by atoms with Crippen molar-refractivity contribution >= 4 is 11.8 Å². The van der Waals surface area contributed by atoms with Gasteiger partial charge >= 0.3 is 0 Å². The van der Waals surface area contributed by atoms with Crippen molar-refractivity contribution in [3.05, 3.63) is 0 Å². The second-order valence-corrected chi connectivity index (χ2v) is 6.47. The monoisotopic (exact) mass is 243 g/mol. The van der Waals surface area contributed by atoms with Crippen LogP contribution >= 0.6 is 11.8 Å². The molecule has 94 valence electrons. The first-order valence-electron chi connectivity index (χ1n) is 6.85. The van der Waals surface area contributed by atoms with Gasteiger partial charge in [-0.2, -0.15) is 11.8 Å². The van der Waals surface area contributed by atoms with Crippen LogP contribution < -0.4 is 5.32 Å². The predicted molar refractivity (Wildman–Crippen MR) is 70.9 cm³/mol. The van der Waals surface area contributed by atoms with Crippen LogP contribution in [0.5, 0.6) is 0 Å². The first-order chi connectivity index (χ1) is 7.90. The Morgan fingerprint density at radius 2 is 1.75 bits per heavy atom. The fourth-order valence-electron chi connectivity index (χ4n) is 2.99. The minimum absolute atomic E-state index is 0.374. The maximum atomic E-state index is 9.47. The van der Waals surface area contributed by atoms with Gasteiger partial charge in [-0.1, -0.05) is 19.3 Å². The molecule has 0 radical (unpaired) electrons. The molecule has 0 spiro atoms. The number of thioether (sulfide) groups is 1. The molecule has 2 rings (SSSR count). The third-order valence-corrected chi connectivity index (χ3v) is 5.11. The molecule has 2 nitrogen and oxygen atoms in total. The topological polar surface area (TPSA) is 32.3 Å². The van der Waals surface area contributed by atoms with E-state index in [1.54, 1.807) is 0 Å². The summed E-state index contributed by atoms with van der Waals surface area (Å²) in [5.74, 6) is 3.14. The van der Waals surface area contributed by atoms with Gasteiger partial charge in [0.25, 0.3) is 0 Å². The number of hydrogen-bond donors (Lipinski definition) is 2. The summed E-state index contributed by atoms with van der Waals surface area (Å²) in [6.45, 7) is 0.374. The lowest BCUT2D eigenvalue weighted by atomic mass is 9.94. The van der Waals surface area contributed by atoms with Gasteiger partial charge in [-0.3, -0.25) is 0 Å².